The first-order valence-electron chi connectivity index (χ1n) is 7.10. The molecule has 1 N–H and O–H groups in total. The Morgan fingerprint density at radius 1 is 1.04 bits per heavy atom. The number of benzene rings is 2. The Balaban J connectivity index is 1.96. The van der Waals surface area contributed by atoms with Crippen LogP contribution in [0.3, 0.4) is 0 Å². The number of hydrogen-bond donors (Lipinski definition) is 1. The Morgan fingerprint density at radius 2 is 1.80 bits per heavy atom. The van der Waals surface area contributed by atoms with Crippen LogP contribution in [0.1, 0.15) is 0 Å². The van der Waals surface area contributed by atoms with Gasteiger partial charge in [0.1, 0.15) is 6.33 Å². The van der Waals surface area contributed by atoms with Crippen molar-refractivity contribution in [1.29, 1.82) is 0 Å². The second-order valence-electron chi connectivity index (χ2n) is 5.22. The first-order valence-corrected chi connectivity index (χ1v) is 7.10. The Hall–Kier alpha value is -3.36. The first-order chi connectivity index (χ1) is 11.9. The number of aromatic hydroxyl groups is 1. The lowest BCUT2D eigenvalue weighted by molar-refractivity contribution is -0.275. The van der Waals surface area contributed by atoms with Crippen molar-refractivity contribution in [2.24, 2.45) is 0 Å². The molecule has 0 atom stereocenters. The van der Waals surface area contributed by atoms with E-state index in [2.05, 4.69) is 20.0 Å². The largest absolute Gasteiger partial charge is 0.573 e. The van der Waals surface area contributed by atoms with E-state index in [4.69, 9.17) is 0 Å². The highest BCUT2D eigenvalue weighted by Gasteiger charge is 2.32. The van der Waals surface area contributed by atoms with Crippen molar-refractivity contribution in [1.82, 2.24) is 19.8 Å². The van der Waals surface area contributed by atoms with Crippen molar-refractivity contribution < 1.29 is 23.0 Å². The summed E-state index contributed by atoms with van der Waals surface area (Å²) in [5.74, 6) is -1.31. The molecule has 0 amide bonds. The standard InChI is InChI=1S/C16H9F3N4O2/c17-16(18,19)25-13-7-9(5-6-12(13)24)14-10-3-1-2-4-11(10)15-21-20-8-23(15)22-14/h1-8,24H. The molecule has 2 aromatic heterocycles. The minimum atomic E-state index is -4.91. The zero-order chi connectivity index (χ0) is 17.6. The van der Waals surface area contributed by atoms with E-state index in [0.717, 1.165) is 17.5 Å². The average Bonchev–Trinajstić information content (AvgIpc) is 3.04. The third-order valence-electron chi connectivity index (χ3n) is 3.62. The van der Waals surface area contributed by atoms with Crippen molar-refractivity contribution in [2.75, 3.05) is 0 Å². The molecule has 2 aromatic carbocycles. The van der Waals surface area contributed by atoms with Crippen LogP contribution in [0.15, 0.2) is 48.8 Å². The maximum absolute atomic E-state index is 12.5. The summed E-state index contributed by atoms with van der Waals surface area (Å²) in [5, 5.41) is 23.2. The summed E-state index contributed by atoms with van der Waals surface area (Å²) < 4.78 is 42.8. The fourth-order valence-corrected chi connectivity index (χ4v) is 2.61. The Labute approximate surface area is 138 Å². The third kappa shape index (κ3) is 2.69. The van der Waals surface area contributed by atoms with Crippen LogP contribution in [0.25, 0.3) is 27.7 Å². The molecule has 0 aliphatic rings. The number of ether oxygens (including phenoxy) is 1. The molecule has 6 nitrogen and oxygen atoms in total. The molecule has 25 heavy (non-hydrogen) atoms. The smallest absolute Gasteiger partial charge is 0.504 e. The molecule has 0 radical (unpaired) electrons. The molecule has 9 heteroatoms. The topological polar surface area (TPSA) is 72.5 Å². The molecule has 0 bridgehead atoms. The molecular weight excluding hydrogens is 337 g/mol. The minimum absolute atomic E-state index is 0.351. The number of aromatic nitrogens is 4. The molecule has 0 spiro atoms. The maximum atomic E-state index is 12.5. The Kier molecular flexibility index (Phi) is 3.24. The van der Waals surface area contributed by atoms with E-state index >= 15 is 0 Å². The van der Waals surface area contributed by atoms with E-state index in [9.17, 15) is 18.3 Å². The van der Waals surface area contributed by atoms with Crippen molar-refractivity contribution in [3.8, 4) is 22.8 Å². The fraction of sp³-hybridized carbons (Fsp3) is 0.0625. The summed E-state index contributed by atoms with van der Waals surface area (Å²) >= 11 is 0. The molecule has 0 aliphatic carbocycles. The second kappa shape index (κ2) is 5.33. The maximum Gasteiger partial charge on any atom is 0.573 e. The van der Waals surface area contributed by atoms with Gasteiger partial charge < -0.3 is 9.84 Å². The summed E-state index contributed by atoms with van der Waals surface area (Å²) in [5.41, 5.74) is 1.30. The molecule has 0 unspecified atom stereocenters. The molecule has 2 heterocycles. The third-order valence-corrected chi connectivity index (χ3v) is 3.62. The Morgan fingerprint density at radius 3 is 2.56 bits per heavy atom. The minimum Gasteiger partial charge on any atom is -0.504 e. The SMILES string of the molecule is Oc1ccc(-c2nn3cnnc3c3ccccc23)cc1OC(F)(F)F. The van der Waals surface area contributed by atoms with Crippen LogP contribution in [-0.2, 0) is 0 Å². The van der Waals surface area contributed by atoms with Crippen LogP contribution in [0, 0.1) is 0 Å². The van der Waals surface area contributed by atoms with Gasteiger partial charge in [0.15, 0.2) is 17.1 Å². The van der Waals surface area contributed by atoms with Crippen molar-refractivity contribution in [2.45, 2.75) is 6.36 Å². The number of alkyl halides is 3. The molecule has 126 valence electrons. The number of nitrogens with zero attached hydrogens (tertiary/aromatic N) is 4. The van der Waals surface area contributed by atoms with E-state index in [-0.39, 0.29) is 0 Å². The van der Waals surface area contributed by atoms with Gasteiger partial charge in [-0.25, -0.2) is 0 Å². The van der Waals surface area contributed by atoms with Gasteiger partial charge in [0, 0.05) is 16.3 Å². The van der Waals surface area contributed by atoms with E-state index in [1.165, 1.54) is 16.9 Å². The van der Waals surface area contributed by atoms with Crippen LogP contribution in [0.2, 0.25) is 0 Å². The summed E-state index contributed by atoms with van der Waals surface area (Å²) in [6, 6.07) is 10.9. The van der Waals surface area contributed by atoms with Gasteiger partial charge in [-0.3, -0.25) is 0 Å². The fourth-order valence-electron chi connectivity index (χ4n) is 2.61. The van der Waals surface area contributed by atoms with E-state index in [1.807, 2.05) is 12.1 Å². The number of phenolic OH excluding ortho intramolecular Hbond substituents is 1. The lowest BCUT2D eigenvalue weighted by Gasteiger charge is -2.12. The molecular formula is C16H9F3N4O2. The van der Waals surface area contributed by atoms with Crippen molar-refractivity contribution in [3.05, 3.63) is 48.8 Å². The highest BCUT2D eigenvalue weighted by molar-refractivity contribution is 6.01. The monoisotopic (exact) mass is 346 g/mol. The second-order valence-corrected chi connectivity index (χ2v) is 5.22. The van der Waals surface area contributed by atoms with Gasteiger partial charge in [-0.1, -0.05) is 24.3 Å². The van der Waals surface area contributed by atoms with E-state index < -0.39 is 17.9 Å². The molecule has 4 aromatic rings. The molecule has 0 saturated carbocycles. The van der Waals surface area contributed by atoms with Crippen molar-refractivity contribution in [3.63, 3.8) is 0 Å². The lowest BCUT2D eigenvalue weighted by Crippen LogP contribution is -2.17. The number of fused-ring (bicyclic) bond motifs is 3. The van der Waals surface area contributed by atoms with Gasteiger partial charge in [0.2, 0.25) is 0 Å². The first kappa shape index (κ1) is 15.2. The highest BCUT2D eigenvalue weighted by Crippen LogP contribution is 2.36. The van der Waals surface area contributed by atoms with Gasteiger partial charge in [-0.05, 0) is 18.2 Å². The van der Waals surface area contributed by atoms with Gasteiger partial charge in [-0.2, -0.15) is 9.61 Å². The van der Waals surface area contributed by atoms with E-state index in [1.54, 1.807) is 12.1 Å². The number of rotatable bonds is 2. The zero-order valence-corrected chi connectivity index (χ0v) is 12.4. The van der Waals surface area contributed by atoms with Crippen LogP contribution < -0.4 is 4.74 Å². The number of phenols is 1. The molecule has 0 fully saturated rings. The summed E-state index contributed by atoms with van der Waals surface area (Å²) in [6.45, 7) is 0. The molecule has 4 rings (SSSR count). The number of halogens is 3. The van der Waals surface area contributed by atoms with Gasteiger partial charge in [0.05, 0.1) is 5.69 Å². The number of hydrogen-bond acceptors (Lipinski definition) is 5. The predicted octanol–water partition coefficient (Wildman–Crippen LogP) is 3.55. The molecule has 0 saturated heterocycles. The van der Waals surface area contributed by atoms with Crippen LogP contribution in [0.4, 0.5) is 13.2 Å². The highest BCUT2D eigenvalue weighted by atomic mass is 19.4. The van der Waals surface area contributed by atoms with Gasteiger partial charge in [-0.15, -0.1) is 23.4 Å². The average molecular weight is 346 g/mol. The normalized spacial score (nSPS) is 12.0. The van der Waals surface area contributed by atoms with Crippen LogP contribution >= 0.6 is 0 Å². The summed E-state index contributed by atoms with van der Waals surface area (Å²) in [6.07, 6.45) is -3.51. The zero-order valence-electron chi connectivity index (χ0n) is 12.4. The summed E-state index contributed by atoms with van der Waals surface area (Å²) in [4.78, 5) is 0. The van der Waals surface area contributed by atoms with Gasteiger partial charge in [0.25, 0.3) is 0 Å². The van der Waals surface area contributed by atoms with Crippen LogP contribution in [0.5, 0.6) is 11.5 Å². The van der Waals surface area contributed by atoms with Crippen LogP contribution in [-0.4, -0.2) is 31.3 Å². The molecule has 0 aliphatic heterocycles. The quantitative estimate of drug-likeness (QED) is 0.601. The van der Waals surface area contributed by atoms with E-state index in [0.29, 0.717) is 22.3 Å². The predicted molar refractivity (Wildman–Crippen MR) is 82.1 cm³/mol. The lowest BCUT2D eigenvalue weighted by atomic mass is 10.0. The van der Waals surface area contributed by atoms with Crippen molar-refractivity contribution >= 4 is 16.4 Å². The summed E-state index contributed by atoms with van der Waals surface area (Å²) in [7, 11) is 0. The Bertz CT molecular complexity index is 1090. The van der Waals surface area contributed by atoms with Gasteiger partial charge >= 0.3 is 6.36 Å².